The third-order valence-electron chi connectivity index (χ3n) is 14.0. The van der Waals surface area contributed by atoms with E-state index in [2.05, 4.69) is 206 Å². The van der Waals surface area contributed by atoms with Crippen molar-refractivity contribution in [1.82, 2.24) is 0 Å². The maximum atomic E-state index is 2.43. The molecule has 0 aliphatic heterocycles. The van der Waals surface area contributed by atoms with E-state index in [1.54, 1.807) is 0 Å². The minimum Gasteiger partial charge on any atom is -0.0619 e. The highest BCUT2D eigenvalue weighted by atomic mass is 14.5. The molecule has 0 aromatic heterocycles. The highest BCUT2D eigenvalue weighted by Gasteiger charge is 2.53. The van der Waals surface area contributed by atoms with E-state index in [1.807, 2.05) is 0 Å². The van der Waals surface area contributed by atoms with Crippen LogP contribution in [-0.4, -0.2) is 0 Å². The van der Waals surface area contributed by atoms with Crippen LogP contribution in [0.15, 0.2) is 206 Å². The number of fused-ring (bicyclic) bond motifs is 20. The molecule has 3 aliphatic carbocycles. The van der Waals surface area contributed by atoms with Crippen molar-refractivity contribution in [3.05, 3.63) is 229 Å². The van der Waals surface area contributed by atoms with Gasteiger partial charge in [0, 0.05) is 0 Å². The zero-order chi connectivity index (χ0) is 38.4. The summed E-state index contributed by atoms with van der Waals surface area (Å²) in [5, 5.41) is 10.5. The average molecular weight is 743 g/mol. The molecule has 0 amide bonds. The maximum Gasteiger partial charge on any atom is 0.0737 e. The summed E-state index contributed by atoms with van der Waals surface area (Å²) in [4.78, 5) is 0. The molecule has 0 radical (unpaired) electrons. The van der Waals surface area contributed by atoms with Gasteiger partial charge in [0.2, 0.25) is 0 Å². The fourth-order valence-corrected chi connectivity index (χ4v) is 11.8. The first kappa shape index (κ1) is 31.5. The Balaban J connectivity index is 1.01. The Kier molecular flexibility index (Phi) is 6.05. The standard InChI is InChI=1S/C59H34/c1-2-16-42-41(15-1)48-24-12-23-47-39(31-32-50(42)55(47)48)37-14-11-13-35(33-37)36-27-29-40-38(34-36)28-30-52-56-49-21-5-3-17-43(49)44-18-4-6-22-51(44)58(56)59(57(40)52)53-25-9-7-19-45(53)46-20-8-10-26-54(46)59/h1-34H. The van der Waals surface area contributed by atoms with Gasteiger partial charge in [0.25, 0.3) is 0 Å². The summed E-state index contributed by atoms with van der Waals surface area (Å²) >= 11 is 0. The highest BCUT2D eigenvalue weighted by Crippen LogP contribution is 2.66. The van der Waals surface area contributed by atoms with Gasteiger partial charge in [-0.2, -0.15) is 0 Å². The molecule has 3 aliphatic rings. The molecule has 0 N–H and O–H groups in total. The third kappa shape index (κ3) is 3.89. The average Bonchev–Trinajstić information content (AvgIpc) is 3.92. The zero-order valence-electron chi connectivity index (χ0n) is 32.1. The molecule has 59 heavy (non-hydrogen) atoms. The van der Waals surface area contributed by atoms with E-state index in [4.69, 9.17) is 0 Å². The van der Waals surface area contributed by atoms with Crippen LogP contribution in [-0.2, 0) is 5.41 Å². The third-order valence-corrected chi connectivity index (χ3v) is 14.0. The van der Waals surface area contributed by atoms with Crippen molar-refractivity contribution in [2.45, 2.75) is 5.41 Å². The Bertz CT molecular complexity index is 3600. The Morgan fingerprint density at radius 2 is 0.780 bits per heavy atom. The molecular weight excluding hydrogens is 709 g/mol. The van der Waals surface area contributed by atoms with Gasteiger partial charge in [-0.25, -0.2) is 0 Å². The monoisotopic (exact) mass is 742 g/mol. The maximum absolute atomic E-state index is 2.43. The zero-order valence-corrected chi connectivity index (χ0v) is 32.1. The van der Waals surface area contributed by atoms with Gasteiger partial charge in [0.05, 0.1) is 5.41 Å². The van der Waals surface area contributed by atoms with Crippen molar-refractivity contribution in [2.75, 3.05) is 0 Å². The smallest absolute Gasteiger partial charge is 0.0619 e. The summed E-state index contributed by atoms with van der Waals surface area (Å²) in [7, 11) is 0. The molecule has 11 aromatic rings. The largest absolute Gasteiger partial charge is 0.0737 e. The quantitative estimate of drug-likeness (QED) is 0.155. The van der Waals surface area contributed by atoms with Crippen molar-refractivity contribution in [1.29, 1.82) is 0 Å². The SMILES string of the molecule is c1cc(-c2ccc3c4c(ccc3c2)-c2c(c3ccccc3c3ccccc23)C42c3ccccc3-c3ccccc32)cc(-c2ccc3c4c(cccc24)-c2ccccc2-3)c1. The normalized spacial score (nSPS) is 13.6. The van der Waals surface area contributed by atoms with E-state index in [0.717, 1.165) is 0 Å². The van der Waals surface area contributed by atoms with Crippen LogP contribution < -0.4 is 0 Å². The Hall–Kier alpha value is -7.54. The van der Waals surface area contributed by atoms with E-state index in [-0.39, 0.29) is 0 Å². The van der Waals surface area contributed by atoms with Gasteiger partial charge in [-0.3, -0.25) is 0 Å². The molecule has 0 heterocycles. The van der Waals surface area contributed by atoms with Gasteiger partial charge < -0.3 is 0 Å². The lowest BCUT2D eigenvalue weighted by Gasteiger charge is -2.32. The lowest BCUT2D eigenvalue weighted by molar-refractivity contribution is 0.809. The lowest BCUT2D eigenvalue weighted by atomic mass is 9.68. The van der Waals surface area contributed by atoms with E-state index in [0.29, 0.717) is 0 Å². The molecule has 0 saturated carbocycles. The summed E-state index contributed by atoms with van der Waals surface area (Å²) in [6.45, 7) is 0. The summed E-state index contributed by atoms with van der Waals surface area (Å²) in [5.74, 6) is 0. The molecule has 0 atom stereocenters. The van der Waals surface area contributed by atoms with Crippen LogP contribution in [0.1, 0.15) is 22.3 Å². The van der Waals surface area contributed by atoms with Crippen molar-refractivity contribution < 1.29 is 0 Å². The second-order valence-corrected chi connectivity index (χ2v) is 16.6. The second-order valence-electron chi connectivity index (χ2n) is 16.6. The summed E-state index contributed by atoms with van der Waals surface area (Å²) in [5.41, 5.74) is 20.8. The van der Waals surface area contributed by atoms with Crippen LogP contribution in [0.3, 0.4) is 0 Å². The van der Waals surface area contributed by atoms with Gasteiger partial charge >= 0.3 is 0 Å². The van der Waals surface area contributed by atoms with Crippen molar-refractivity contribution in [2.24, 2.45) is 0 Å². The van der Waals surface area contributed by atoms with Gasteiger partial charge in [-0.15, -0.1) is 0 Å². The first-order valence-electron chi connectivity index (χ1n) is 20.8. The molecule has 0 saturated heterocycles. The van der Waals surface area contributed by atoms with Crippen LogP contribution >= 0.6 is 0 Å². The molecule has 0 bridgehead atoms. The second kappa shape index (κ2) is 11.3. The predicted octanol–water partition coefficient (Wildman–Crippen LogP) is 15.6. The summed E-state index contributed by atoms with van der Waals surface area (Å²) in [6, 6.07) is 78.0. The lowest BCUT2D eigenvalue weighted by Crippen LogP contribution is -2.26. The highest BCUT2D eigenvalue weighted by molar-refractivity contribution is 6.22. The van der Waals surface area contributed by atoms with Crippen LogP contribution in [0.5, 0.6) is 0 Å². The summed E-state index contributed by atoms with van der Waals surface area (Å²) < 4.78 is 0. The fourth-order valence-electron chi connectivity index (χ4n) is 11.8. The van der Waals surface area contributed by atoms with Crippen LogP contribution in [0.4, 0.5) is 0 Å². The predicted molar refractivity (Wildman–Crippen MR) is 248 cm³/mol. The molecule has 0 fully saturated rings. The number of benzene rings is 11. The van der Waals surface area contributed by atoms with E-state index in [9.17, 15) is 0 Å². The van der Waals surface area contributed by atoms with Gasteiger partial charge in [-0.05, 0) is 144 Å². The topological polar surface area (TPSA) is 0 Å². The molecular formula is C59H34. The first-order chi connectivity index (χ1) is 29.3. The van der Waals surface area contributed by atoms with Crippen LogP contribution in [0, 0.1) is 0 Å². The first-order valence-corrected chi connectivity index (χ1v) is 20.8. The van der Waals surface area contributed by atoms with Crippen molar-refractivity contribution >= 4 is 43.1 Å². The molecule has 0 unspecified atom stereocenters. The molecule has 14 rings (SSSR count). The Morgan fingerprint density at radius 1 is 0.254 bits per heavy atom. The molecule has 270 valence electrons. The number of hydrogen-bond donors (Lipinski definition) is 0. The number of hydrogen-bond acceptors (Lipinski definition) is 0. The van der Waals surface area contributed by atoms with E-state index in [1.165, 1.54) is 132 Å². The summed E-state index contributed by atoms with van der Waals surface area (Å²) in [6.07, 6.45) is 0. The van der Waals surface area contributed by atoms with Gasteiger partial charge in [-0.1, -0.05) is 194 Å². The Labute approximate surface area is 342 Å². The van der Waals surface area contributed by atoms with E-state index >= 15 is 0 Å². The van der Waals surface area contributed by atoms with Crippen molar-refractivity contribution in [3.8, 4) is 66.8 Å². The fraction of sp³-hybridized carbons (Fsp3) is 0.0169. The molecule has 0 nitrogen and oxygen atoms in total. The molecule has 0 heteroatoms. The number of rotatable bonds is 2. The molecule has 11 aromatic carbocycles. The minimum absolute atomic E-state index is 0.474. The van der Waals surface area contributed by atoms with Crippen LogP contribution in [0.25, 0.3) is 110 Å². The van der Waals surface area contributed by atoms with Gasteiger partial charge in [0.15, 0.2) is 0 Å². The minimum atomic E-state index is -0.474. The van der Waals surface area contributed by atoms with E-state index < -0.39 is 5.41 Å². The van der Waals surface area contributed by atoms with Gasteiger partial charge in [0.1, 0.15) is 0 Å². The Morgan fingerprint density at radius 3 is 1.54 bits per heavy atom. The van der Waals surface area contributed by atoms with Crippen LogP contribution in [0.2, 0.25) is 0 Å². The van der Waals surface area contributed by atoms with Crippen molar-refractivity contribution in [3.63, 3.8) is 0 Å². The molecule has 1 spiro atoms.